The van der Waals surface area contributed by atoms with Gasteiger partial charge in [0, 0.05) is 56.6 Å². The topological polar surface area (TPSA) is 655 Å². The normalized spacial score (nSPS) is 15.0. The van der Waals surface area contributed by atoms with Gasteiger partial charge in [0.15, 0.2) is 0 Å². The van der Waals surface area contributed by atoms with E-state index in [1.165, 1.54) is 79.7 Å². The molecule has 23 N–H and O–H groups in total. The Balaban J connectivity index is 1.32. The van der Waals surface area contributed by atoms with Gasteiger partial charge in [-0.25, -0.2) is 4.79 Å². The third-order valence-corrected chi connectivity index (χ3v) is 18.3. The smallest absolute Gasteiger partial charge is 0.326 e. The summed E-state index contributed by atoms with van der Waals surface area (Å²) in [6, 6.07) is 4.14. The second-order valence-electron chi connectivity index (χ2n) is 26.5. The minimum absolute atomic E-state index is 0.0793. The van der Waals surface area contributed by atoms with Crippen LogP contribution in [0.1, 0.15) is 74.1 Å². The molecule has 4 aromatic carbocycles. The van der Waals surface area contributed by atoms with Gasteiger partial charge in [-0.1, -0.05) is 66.7 Å². The number of aliphatic hydroxyl groups excluding tert-OH is 1. The van der Waals surface area contributed by atoms with Gasteiger partial charge in [-0.3, -0.25) is 81.5 Å². The highest BCUT2D eigenvalue weighted by atomic mass is 32.1. The van der Waals surface area contributed by atoms with Crippen LogP contribution in [-0.2, 0) is 112 Å². The number of nitrogens with two attached hydrogens (primary N) is 1. The number of carboxylic acid groups (broad SMARTS) is 4. The number of nitrogens with zero attached hydrogens (tertiary/aromatic N) is 1. The minimum Gasteiger partial charge on any atom is -0.508 e. The van der Waals surface area contributed by atoms with E-state index in [1.54, 1.807) is 30.3 Å². The van der Waals surface area contributed by atoms with Crippen LogP contribution in [0, 0.1) is 0 Å². The fourth-order valence-corrected chi connectivity index (χ4v) is 11.9. The second-order valence-corrected chi connectivity index (χ2v) is 27.2. The Kier molecular flexibility index (Phi) is 38.2. The van der Waals surface area contributed by atoms with Crippen molar-refractivity contribution in [1.29, 1.82) is 0 Å². The van der Waals surface area contributed by atoms with Gasteiger partial charge in [0.1, 0.15) is 89.8 Å². The summed E-state index contributed by atoms with van der Waals surface area (Å²) < 4.78 is 0. The van der Waals surface area contributed by atoms with Gasteiger partial charge < -0.3 is 121 Å². The molecule has 12 atom stereocenters. The van der Waals surface area contributed by atoms with Gasteiger partial charge in [-0.15, -0.1) is 0 Å². The largest absolute Gasteiger partial charge is 0.508 e. The average Bonchev–Trinajstić information content (AvgIpc) is 1.62. The molecule has 0 spiro atoms. The lowest BCUT2D eigenvalue weighted by Crippen LogP contribution is -2.61. The molecule has 43 heteroatoms. The third kappa shape index (κ3) is 31.7. The second kappa shape index (κ2) is 47.1. The molecule has 4 aromatic rings. The summed E-state index contributed by atoms with van der Waals surface area (Å²) in [5.74, 6) is -22.5. The van der Waals surface area contributed by atoms with Crippen molar-refractivity contribution in [3.05, 3.63) is 125 Å². The Morgan fingerprint density at radius 1 is 0.414 bits per heavy atom. The lowest BCUT2D eigenvalue weighted by atomic mass is 10.0. The number of amides is 14. The van der Waals surface area contributed by atoms with Crippen molar-refractivity contribution in [1.82, 2.24) is 74.0 Å². The zero-order valence-electron chi connectivity index (χ0n) is 62.3. The SMILES string of the molecule is C[C@H](NC(=O)CNC(=O)[C@H](CCC(=O)O)NC(=O)[C@H](CCC(=O)O)NC(=O)[C@H](CC(=O)O)NC(=O)[C@@H]1CCCN1C(=O)[C@H](Cc1ccc(O)cc1)NC(=O)[C@H](Cc1ccccc1)NC(=O)[C@H](CS)NC(=O)[C@H](Cc1ccc(O)cc1)NC(=O)[C@H](CO)NC(=O)CNC(=O)CN)C(=O)N[C@@H](CS)C(=O)N[C@@H](Cc1ccc(O)cc1)C(=O)O. The third-order valence-electron chi connectivity index (χ3n) is 17.6. The van der Waals surface area contributed by atoms with Gasteiger partial charge in [0.2, 0.25) is 82.7 Å². The molecule has 0 aliphatic carbocycles. The van der Waals surface area contributed by atoms with Crippen molar-refractivity contribution >= 4 is 132 Å². The molecule has 1 saturated heterocycles. The molecule has 1 fully saturated rings. The number of hydrogen-bond acceptors (Lipinski definition) is 25. The number of likely N-dealkylation sites (tertiary alicyclic amines) is 1. The van der Waals surface area contributed by atoms with Crippen LogP contribution in [-0.4, -0.2) is 269 Å². The lowest BCUT2D eigenvalue weighted by molar-refractivity contribution is -0.144. The highest BCUT2D eigenvalue weighted by Gasteiger charge is 2.42. The van der Waals surface area contributed by atoms with Crippen molar-refractivity contribution in [3.63, 3.8) is 0 Å². The Hall–Kier alpha value is -12.6. The summed E-state index contributed by atoms with van der Waals surface area (Å²) in [6.07, 6.45) is -5.74. The van der Waals surface area contributed by atoms with Crippen LogP contribution in [0.5, 0.6) is 17.2 Å². The molecule has 1 aliphatic heterocycles. The van der Waals surface area contributed by atoms with E-state index >= 15 is 4.79 Å². The van der Waals surface area contributed by atoms with E-state index in [1.807, 2.05) is 0 Å². The van der Waals surface area contributed by atoms with Crippen LogP contribution >= 0.6 is 25.3 Å². The van der Waals surface area contributed by atoms with Crippen LogP contribution in [0.4, 0.5) is 0 Å². The van der Waals surface area contributed by atoms with Gasteiger partial charge in [-0.2, -0.15) is 25.3 Å². The number of carboxylic acids is 4. The summed E-state index contributed by atoms with van der Waals surface area (Å²) in [7, 11) is 0. The predicted molar refractivity (Wildman–Crippen MR) is 411 cm³/mol. The van der Waals surface area contributed by atoms with Crippen LogP contribution in [0.3, 0.4) is 0 Å². The molecule has 0 aromatic heterocycles. The maximum Gasteiger partial charge on any atom is 0.326 e. The van der Waals surface area contributed by atoms with E-state index < -0.39 is 243 Å². The van der Waals surface area contributed by atoms with Gasteiger partial charge in [0.25, 0.3) is 0 Å². The van der Waals surface area contributed by atoms with E-state index in [4.69, 9.17) is 5.73 Å². The van der Waals surface area contributed by atoms with Crippen molar-refractivity contribution in [2.75, 3.05) is 44.3 Å². The molecule has 41 nitrogen and oxygen atoms in total. The number of phenols is 3. The minimum atomic E-state index is -2.13. The van der Waals surface area contributed by atoms with Gasteiger partial charge in [-0.05, 0) is 91.3 Å². The molecule has 116 heavy (non-hydrogen) atoms. The molecular weight excluding hydrogens is 1570 g/mol. The molecule has 1 aliphatic rings. The average molecular weight is 1660 g/mol. The molecule has 1 heterocycles. The predicted octanol–water partition coefficient (Wildman–Crippen LogP) is -6.25. The van der Waals surface area contributed by atoms with Gasteiger partial charge >= 0.3 is 23.9 Å². The Morgan fingerprint density at radius 2 is 0.793 bits per heavy atom. The number of thiol groups is 2. The summed E-state index contributed by atoms with van der Waals surface area (Å²) in [5, 5.41) is 109. The quantitative estimate of drug-likeness (QED) is 0.0183. The summed E-state index contributed by atoms with van der Waals surface area (Å²) in [4.78, 5) is 242. The maximum atomic E-state index is 15.1. The molecule has 628 valence electrons. The first-order valence-corrected chi connectivity index (χ1v) is 37.2. The highest BCUT2D eigenvalue weighted by Crippen LogP contribution is 2.23. The molecule has 0 bridgehead atoms. The molecule has 0 radical (unpaired) electrons. The lowest BCUT2D eigenvalue weighted by Gasteiger charge is -2.31. The number of carbonyl (C=O) groups is 18. The fraction of sp³-hybridized carbons (Fsp3) is 0.425. The number of rotatable bonds is 47. The molecule has 0 saturated carbocycles. The van der Waals surface area contributed by atoms with Crippen molar-refractivity contribution in [3.8, 4) is 17.2 Å². The van der Waals surface area contributed by atoms with Gasteiger partial charge in [0.05, 0.1) is 32.7 Å². The molecule has 14 amide bonds. The van der Waals surface area contributed by atoms with E-state index in [9.17, 15) is 122 Å². The first kappa shape index (κ1) is 94.0. The Morgan fingerprint density at radius 3 is 1.25 bits per heavy atom. The number of phenolic OH excluding ortho intramolecular Hbond substituents is 3. The zero-order valence-corrected chi connectivity index (χ0v) is 64.1. The maximum absolute atomic E-state index is 15.1. The van der Waals surface area contributed by atoms with Crippen molar-refractivity contribution in [2.24, 2.45) is 5.73 Å². The fourth-order valence-electron chi connectivity index (χ4n) is 11.4. The Bertz CT molecular complexity index is 4170. The molecule has 5 rings (SSSR count). The summed E-state index contributed by atoms with van der Waals surface area (Å²) in [6.45, 7) is -2.10. The first-order chi connectivity index (χ1) is 55.0. The monoisotopic (exact) mass is 1660 g/mol. The van der Waals surface area contributed by atoms with E-state index in [2.05, 4.69) is 94.4 Å². The number of benzene rings is 4. The highest BCUT2D eigenvalue weighted by molar-refractivity contribution is 7.80. The number of carbonyl (C=O) groups excluding carboxylic acids is 14. The van der Waals surface area contributed by atoms with Crippen molar-refractivity contribution in [2.45, 2.75) is 150 Å². The first-order valence-electron chi connectivity index (χ1n) is 36.0. The molecular formula is C73H93N15O26S2. The van der Waals surface area contributed by atoms with Crippen LogP contribution in [0.15, 0.2) is 103 Å². The van der Waals surface area contributed by atoms with E-state index in [0.29, 0.717) is 22.3 Å². The Labute approximate surface area is 672 Å². The van der Waals surface area contributed by atoms with Crippen LogP contribution in [0.2, 0.25) is 0 Å². The van der Waals surface area contributed by atoms with E-state index in [0.717, 1.165) is 4.90 Å². The number of aromatic hydroxyl groups is 3. The van der Waals surface area contributed by atoms with Crippen molar-refractivity contribution < 1.29 is 127 Å². The van der Waals surface area contributed by atoms with Crippen LogP contribution in [0.25, 0.3) is 0 Å². The number of aliphatic hydroxyl groups is 1. The molecule has 0 unspecified atom stereocenters. The standard InChI is InChI=1S/C73H93N15O26S2/c1-37(62(102)86-53(35-115)70(110)85-51(73(113)114)29-41-13-19-44(92)20-14-41)77-57(94)33-76-63(103)45(21-23-59(96)97)79-64(104)46(22-24-60(98)99)80-67(107)49(30-61(100)101)83-71(111)55-8-5-25-88(55)72(112)50(28-40-11-17-43(91)18-12-40)84-65(105)47(26-38-6-3-2-4-7-38)82-69(109)54(36-116)87-66(106)48(27-39-9-15-42(90)16-10-39)81-68(108)52(34-89)78-58(95)32-75-56(93)31-74/h2-4,6-7,9-20,37,45-55,89-92,115-116H,5,8,21-36,74H2,1H3,(H,75,93)(H,76,103)(H,77,94)(H,78,95)(H,79,104)(H,80,107)(H,81,108)(H,82,109)(H,83,111)(H,84,105)(H,85,110)(H,86,102)(H,87,106)(H,96,97)(H,98,99)(H,100,101)(H,113,114)/t37-,45-,46-,47-,48-,49-,50-,51-,52-,53-,54-,55-/m0/s1. The number of aliphatic carboxylic acids is 4. The van der Waals surface area contributed by atoms with E-state index in [-0.39, 0.29) is 68.1 Å². The zero-order chi connectivity index (χ0) is 85.9. The summed E-state index contributed by atoms with van der Waals surface area (Å²) in [5.41, 5.74) is 6.81. The van der Waals surface area contributed by atoms with Crippen LogP contribution < -0.4 is 74.9 Å². The number of nitrogens with one attached hydrogen (secondary N) is 13. The summed E-state index contributed by atoms with van der Waals surface area (Å²) >= 11 is 8.37. The number of hydrogen-bond donors (Lipinski definition) is 24.